The van der Waals surface area contributed by atoms with Crippen molar-refractivity contribution in [3.05, 3.63) is 89.4 Å². The summed E-state index contributed by atoms with van der Waals surface area (Å²) in [5, 5.41) is 5.83. The highest BCUT2D eigenvalue weighted by Crippen LogP contribution is 2.31. The molecule has 1 aliphatic carbocycles. The lowest BCUT2D eigenvalue weighted by molar-refractivity contribution is 0.0937. The van der Waals surface area contributed by atoms with E-state index in [9.17, 15) is 9.59 Å². The Kier molecular flexibility index (Phi) is 4.27. The van der Waals surface area contributed by atoms with Gasteiger partial charge < -0.3 is 15.1 Å². The molecule has 0 saturated heterocycles. The Morgan fingerprint density at radius 2 is 1.73 bits per heavy atom. The number of fused-ring (bicyclic) bond motifs is 1. The molecule has 5 nitrogen and oxygen atoms in total. The van der Waals surface area contributed by atoms with E-state index >= 15 is 0 Å². The van der Waals surface area contributed by atoms with Crippen molar-refractivity contribution in [2.24, 2.45) is 0 Å². The molecule has 1 aromatic heterocycles. The van der Waals surface area contributed by atoms with Crippen LogP contribution in [0.2, 0.25) is 0 Å². The number of carbonyl (C=O) groups excluding carboxylic acids is 2. The quantitative estimate of drug-likeness (QED) is 0.751. The van der Waals surface area contributed by atoms with Gasteiger partial charge in [0.2, 0.25) is 0 Å². The Balaban J connectivity index is 1.53. The maximum Gasteiger partial charge on any atom is 0.291 e. The molecule has 0 spiro atoms. The number of aryl methyl sites for hydroxylation is 1. The summed E-state index contributed by atoms with van der Waals surface area (Å²) in [5.74, 6) is -0.395. The van der Waals surface area contributed by atoms with Crippen LogP contribution in [0.3, 0.4) is 0 Å². The first-order valence-electron chi connectivity index (χ1n) is 8.55. The number of anilines is 1. The lowest BCUT2D eigenvalue weighted by atomic mass is 10.1. The molecule has 130 valence electrons. The molecule has 1 aliphatic rings. The van der Waals surface area contributed by atoms with Gasteiger partial charge >= 0.3 is 0 Å². The van der Waals surface area contributed by atoms with Gasteiger partial charge in [0.15, 0.2) is 5.76 Å². The minimum absolute atomic E-state index is 0.00692. The fraction of sp³-hybridized carbons (Fsp3) is 0.143. The van der Waals surface area contributed by atoms with E-state index < -0.39 is 0 Å². The molecule has 2 amide bonds. The van der Waals surface area contributed by atoms with Crippen LogP contribution in [0.5, 0.6) is 0 Å². The number of hydrogen-bond donors (Lipinski definition) is 2. The van der Waals surface area contributed by atoms with Crippen molar-refractivity contribution in [1.82, 2.24) is 5.32 Å². The van der Waals surface area contributed by atoms with E-state index in [4.69, 9.17) is 4.42 Å². The van der Waals surface area contributed by atoms with Crippen LogP contribution in [0, 0.1) is 0 Å². The van der Waals surface area contributed by atoms with E-state index in [1.807, 2.05) is 12.1 Å². The molecular formula is C21H18N2O3. The molecule has 1 heterocycles. The van der Waals surface area contributed by atoms with E-state index in [1.165, 1.54) is 11.8 Å². The molecule has 0 unspecified atom stereocenters. The summed E-state index contributed by atoms with van der Waals surface area (Å²) < 4.78 is 5.10. The van der Waals surface area contributed by atoms with Gasteiger partial charge in [-0.3, -0.25) is 9.59 Å². The molecule has 2 aromatic carbocycles. The summed E-state index contributed by atoms with van der Waals surface area (Å²) in [6, 6.07) is 18.3. The van der Waals surface area contributed by atoms with Gasteiger partial charge in [-0.15, -0.1) is 0 Å². The Bertz CT molecular complexity index is 947. The third-order valence-electron chi connectivity index (χ3n) is 4.60. The van der Waals surface area contributed by atoms with Crippen LogP contribution in [-0.2, 0) is 6.42 Å². The van der Waals surface area contributed by atoms with Gasteiger partial charge in [0.25, 0.3) is 11.8 Å². The largest absolute Gasteiger partial charge is 0.459 e. The molecule has 0 radical (unpaired) electrons. The maximum atomic E-state index is 12.8. The van der Waals surface area contributed by atoms with Crippen LogP contribution in [0.15, 0.2) is 71.3 Å². The minimum atomic E-state index is -0.388. The lowest BCUT2D eigenvalue weighted by Crippen LogP contribution is -2.28. The first-order valence-corrected chi connectivity index (χ1v) is 8.55. The van der Waals surface area contributed by atoms with Crippen molar-refractivity contribution in [3.63, 3.8) is 0 Å². The van der Waals surface area contributed by atoms with Gasteiger partial charge in [-0.05, 0) is 48.2 Å². The zero-order valence-electron chi connectivity index (χ0n) is 14.1. The highest BCUT2D eigenvalue weighted by molar-refractivity contribution is 6.07. The lowest BCUT2D eigenvalue weighted by Gasteiger charge is -2.16. The van der Waals surface area contributed by atoms with E-state index in [2.05, 4.69) is 22.8 Å². The van der Waals surface area contributed by atoms with Crippen LogP contribution in [0.1, 0.15) is 44.5 Å². The van der Waals surface area contributed by atoms with Crippen molar-refractivity contribution in [2.75, 3.05) is 5.32 Å². The second-order valence-corrected chi connectivity index (χ2v) is 6.24. The van der Waals surface area contributed by atoms with Gasteiger partial charge in [-0.1, -0.05) is 36.4 Å². The zero-order chi connectivity index (χ0) is 17.9. The number of carbonyl (C=O) groups is 2. The van der Waals surface area contributed by atoms with E-state index in [1.54, 1.807) is 36.4 Å². The summed E-state index contributed by atoms with van der Waals surface area (Å²) in [5.41, 5.74) is 3.32. The minimum Gasteiger partial charge on any atom is -0.459 e. The van der Waals surface area contributed by atoms with Gasteiger partial charge in [0.1, 0.15) is 0 Å². The summed E-state index contributed by atoms with van der Waals surface area (Å²) in [6.45, 7) is 0. The summed E-state index contributed by atoms with van der Waals surface area (Å²) in [4.78, 5) is 25.0. The molecular weight excluding hydrogens is 328 g/mol. The third-order valence-corrected chi connectivity index (χ3v) is 4.60. The molecule has 2 N–H and O–H groups in total. The molecule has 0 fully saturated rings. The Labute approximate surface area is 151 Å². The molecule has 26 heavy (non-hydrogen) atoms. The van der Waals surface area contributed by atoms with Crippen LogP contribution >= 0.6 is 0 Å². The normalized spacial score (nSPS) is 15.3. The number of amides is 2. The van der Waals surface area contributed by atoms with Crippen molar-refractivity contribution in [2.45, 2.75) is 18.9 Å². The highest BCUT2D eigenvalue weighted by Gasteiger charge is 2.25. The summed E-state index contributed by atoms with van der Waals surface area (Å²) in [6.07, 6.45) is 3.27. The van der Waals surface area contributed by atoms with Crippen LogP contribution in [-0.4, -0.2) is 11.8 Å². The van der Waals surface area contributed by atoms with E-state index in [0.717, 1.165) is 18.4 Å². The number of rotatable bonds is 4. The second kappa shape index (κ2) is 6.88. The molecule has 1 atom stereocenters. The molecule has 5 heteroatoms. The SMILES string of the molecule is O=C(Nc1ccccc1C(=O)N[C@@H]1CCc2ccccc21)c1ccco1. The number of nitrogens with one attached hydrogen (secondary N) is 2. The number of benzene rings is 2. The van der Waals surface area contributed by atoms with Gasteiger partial charge in [0, 0.05) is 0 Å². The molecule has 0 bridgehead atoms. The fourth-order valence-corrected chi connectivity index (χ4v) is 3.32. The first-order chi connectivity index (χ1) is 12.7. The highest BCUT2D eigenvalue weighted by atomic mass is 16.3. The average molecular weight is 346 g/mol. The van der Waals surface area contributed by atoms with Crippen LogP contribution in [0.4, 0.5) is 5.69 Å². The summed E-state index contributed by atoms with van der Waals surface area (Å²) in [7, 11) is 0. The molecule has 0 aliphatic heterocycles. The summed E-state index contributed by atoms with van der Waals surface area (Å²) >= 11 is 0. The Morgan fingerprint density at radius 1 is 0.923 bits per heavy atom. The zero-order valence-corrected chi connectivity index (χ0v) is 14.1. The van der Waals surface area contributed by atoms with Crippen molar-refractivity contribution >= 4 is 17.5 Å². The number of para-hydroxylation sites is 1. The van der Waals surface area contributed by atoms with Crippen molar-refractivity contribution in [3.8, 4) is 0 Å². The van der Waals surface area contributed by atoms with Gasteiger partial charge in [0.05, 0.1) is 23.6 Å². The predicted octanol–water partition coefficient (Wildman–Crippen LogP) is 3.95. The van der Waals surface area contributed by atoms with Crippen molar-refractivity contribution in [1.29, 1.82) is 0 Å². The Morgan fingerprint density at radius 3 is 2.58 bits per heavy atom. The van der Waals surface area contributed by atoms with Gasteiger partial charge in [-0.25, -0.2) is 0 Å². The Hall–Kier alpha value is -3.34. The van der Waals surface area contributed by atoms with Gasteiger partial charge in [-0.2, -0.15) is 0 Å². The monoisotopic (exact) mass is 346 g/mol. The van der Waals surface area contributed by atoms with Crippen molar-refractivity contribution < 1.29 is 14.0 Å². The molecule has 0 saturated carbocycles. The number of hydrogen-bond acceptors (Lipinski definition) is 3. The fourth-order valence-electron chi connectivity index (χ4n) is 3.32. The average Bonchev–Trinajstić information content (AvgIpc) is 3.33. The standard InChI is InChI=1S/C21H18N2O3/c24-20(22-18-12-11-14-6-1-2-7-15(14)18)16-8-3-4-9-17(16)23-21(25)19-10-5-13-26-19/h1-10,13,18H,11-12H2,(H,22,24)(H,23,25)/t18-/m1/s1. The third kappa shape index (κ3) is 3.11. The first kappa shape index (κ1) is 16.1. The smallest absolute Gasteiger partial charge is 0.291 e. The molecule has 4 rings (SSSR count). The maximum absolute atomic E-state index is 12.8. The number of furan rings is 1. The predicted molar refractivity (Wildman–Crippen MR) is 98.1 cm³/mol. The van der Waals surface area contributed by atoms with E-state index in [0.29, 0.717) is 11.3 Å². The van der Waals surface area contributed by atoms with E-state index in [-0.39, 0.29) is 23.6 Å². The second-order valence-electron chi connectivity index (χ2n) is 6.24. The van der Waals surface area contributed by atoms with Crippen LogP contribution < -0.4 is 10.6 Å². The van der Waals surface area contributed by atoms with Crippen LogP contribution in [0.25, 0.3) is 0 Å². The topological polar surface area (TPSA) is 71.3 Å². The molecule has 3 aromatic rings.